The smallest absolute Gasteiger partial charge is 0.327 e. The van der Waals surface area contributed by atoms with Gasteiger partial charge in [-0.2, -0.15) is 5.10 Å². The largest absolute Gasteiger partial charge is 0.373 e. The number of aromatic amines is 1. The summed E-state index contributed by atoms with van der Waals surface area (Å²) in [6.45, 7) is 2.02. The molecule has 0 saturated heterocycles. The molecule has 1 aromatic carbocycles. The minimum Gasteiger partial charge on any atom is -0.373 e. The topological polar surface area (TPSA) is 80.5 Å². The van der Waals surface area contributed by atoms with E-state index in [4.69, 9.17) is 5.10 Å². The number of hydrogen-bond donors (Lipinski definition) is 2. The van der Waals surface area contributed by atoms with Gasteiger partial charge in [-0.3, -0.25) is 4.57 Å². The predicted molar refractivity (Wildman–Crippen MR) is 98.2 cm³/mol. The number of H-pyrrole nitrogens is 1. The molecule has 0 spiro atoms. The second kappa shape index (κ2) is 5.62. The van der Waals surface area contributed by atoms with E-state index in [1.54, 1.807) is 13.2 Å². The fourth-order valence-electron chi connectivity index (χ4n) is 3.06. The highest BCUT2D eigenvalue weighted by molar-refractivity contribution is 5.79. The number of anilines is 1. The Labute approximate surface area is 143 Å². The fourth-order valence-corrected chi connectivity index (χ4v) is 3.06. The first-order chi connectivity index (χ1) is 12.1. The number of nitrogens with one attached hydrogen (secondary N) is 2. The van der Waals surface area contributed by atoms with E-state index in [9.17, 15) is 4.79 Å². The van der Waals surface area contributed by atoms with Crippen molar-refractivity contribution < 1.29 is 0 Å². The molecule has 2 N–H and O–H groups in total. The number of aryl methyl sites for hydroxylation is 1. The van der Waals surface area contributed by atoms with Crippen molar-refractivity contribution in [2.24, 2.45) is 7.05 Å². The van der Waals surface area contributed by atoms with Crippen molar-refractivity contribution in [2.75, 3.05) is 12.4 Å². The van der Waals surface area contributed by atoms with Gasteiger partial charge in [0.2, 0.25) is 0 Å². The Morgan fingerprint density at radius 1 is 1.20 bits per heavy atom. The summed E-state index contributed by atoms with van der Waals surface area (Å²) < 4.78 is 3.37. The normalized spacial score (nSPS) is 11.2. The highest BCUT2D eigenvalue weighted by Crippen LogP contribution is 2.30. The Hall–Kier alpha value is -3.35. The van der Waals surface area contributed by atoms with E-state index in [2.05, 4.69) is 15.3 Å². The molecule has 7 heteroatoms. The molecule has 3 aromatic heterocycles. The minimum absolute atomic E-state index is 0.179. The van der Waals surface area contributed by atoms with Gasteiger partial charge in [0, 0.05) is 31.4 Å². The molecule has 0 bridgehead atoms. The summed E-state index contributed by atoms with van der Waals surface area (Å²) in [6.07, 6.45) is 1.75. The molecule has 0 aliphatic rings. The lowest BCUT2D eigenvalue weighted by molar-refractivity contribution is 0.878. The SMILES string of the molecule is CNc1c(C)c(-c2cnc3c(c2)[nH]c(=O)n3C)nn1-c1ccccc1. The number of benzene rings is 1. The van der Waals surface area contributed by atoms with Crippen LogP contribution < -0.4 is 11.0 Å². The van der Waals surface area contributed by atoms with Gasteiger partial charge in [-0.1, -0.05) is 18.2 Å². The lowest BCUT2D eigenvalue weighted by Gasteiger charge is -2.06. The monoisotopic (exact) mass is 334 g/mol. The Morgan fingerprint density at radius 3 is 2.68 bits per heavy atom. The summed E-state index contributed by atoms with van der Waals surface area (Å²) in [4.78, 5) is 19.0. The van der Waals surface area contributed by atoms with E-state index in [0.717, 1.165) is 28.3 Å². The summed E-state index contributed by atoms with van der Waals surface area (Å²) in [7, 11) is 3.58. The number of rotatable bonds is 3. The molecule has 7 nitrogen and oxygen atoms in total. The molecule has 0 fully saturated rings. The first-order valence-corrected chi connectivity index (χ1v) is 7.98. The zero-order valence-corrected chi connectivity index (χ0v) is 14.2. The first-order valence-electron chi connectivity index (χ1n) is 7.98. The van der Waals surface area contributed by atoms with Crippen molar-refractivity contribution in [1.29, 1.82) is 0 Å². The van der Waals surface area contributed by atoms with Crippen LogP contribution in [0.5, 0.6) is 0 Å². The Balaban J connectivity index is 1.91. The van der Waals surface area contributed by atoms with Gasteiger partial charge in [-0.05, 0) is 25.1 Å². The molecule has 126 valence electrons. The van der Waals surface area contributed by atoms with Crippen LogP contribution in [0.3, 0.4) is 0 Å². The van der Waals surface area contributed by atoms with Crippen LogP contribution in [0.1, 0.15) is 5.56 Å². The Morgan fingerprint density at radius 2 is 1.96 bits per heavy atom. The van der Waals surface area contributed by atoms with E-state index in [1.807, 2.05) is 55.1 Å². The molecule has 0 amide bonds. The van der Waals surface area contributed by atoms with Crippen molar-refractivity contribution >= 4 is 17.0 Å². The van der Waals surface area contributed by atoms with Crippen LogP contribution in [0.4, 0.5) is 5.82 Å². The van der Waals surface area contributed by atoms with Crippen LogP contribution in [-0.2, 0) is 7.05 Å². The average molecular weight is 334 g/mol. The second-order valence-electron chi connectivity index (χ2n) is 5.90. The lowest BCUT2D eigenvalue weighted by atomic mass is 10.1. The van der Waals surface area contributed by atoms with Crippen LogP contribution in [0.25, 0.3) is 28.1 Å². The maximum atomic E-state index is 11.8. The number of hydrogen-bond acceptors (Lipinski definition) is 4. The lowest BCUT2D eigenvalue weighted by Crippen LogP contribution is -2.12. The zero-order chi connectivity index (χ0) is 17.6. The van der Waals surface area contributed by atoms with Crippen molar-refractivity contribution in [1.82, 2.24) is 24.3 Å². The van der Waals surface area contributed by atoms with E-state index in [1.165, 1.54) is 4.57 Å². The van der Waals surface area contributed by atoms with Gasteiger partial charge >= 0.3 is 5.69 Å². The molecular formula is C18H18N6O. The molecule has 4 aromatic rings. The summed E-state index contributed by atoms with van der Waals surface area (Å²) in [6, 6.07) is 11.9. The third kappa shape index (κ3) is 2.32. The van der Waals surface area contributed by atoms with Gasteiger partial charge in [0.15, 0.2) is 5.65 Å². The minimum atomic E-state index is -0.179. The summed E-state index contributed by atoms with van der Waals surface area (Å²) in [5.41, 5.74) is 4.83. The number of para-hydroxylation sites is 1. The fraction of sp³-hybridized carbons (Fsp3) is 0.167. The summed E-state index contributed by atoms with van der Waals surface area (Å²) in [5, 5.41) is 7.99. The highest BCUT2D eigenvalue weighted by atomic mass is 16.1. The Kier molecular flexibility index (Phi) is 3.42. The maximum absolute atomic E-state index is 11.8. The van der Waals surface area contributed by atoms with E-state index in [0.29, 0.717) is 11.2 Å². The van der Waals surface area contributed by atoms with Gasteiger partial charge in [-0.25, -0.2) is 14.5 Å². The molecule has 0 atom stereocenters. The van der Waals surface area contributed by atoms with Crippen LogP contribution in [0.2, 0.25) is 0 Å². The highest BCUT2D eigenvalue weighted by Gasteiger charge is 2.17. The predicted octanol–water partition coefficient (Wildman–Crippen LogP) is 2.46. The van der Waals surface area contributed by atoms with Crippen LogP contribution in [0, 0.1) is 6.92 Å². The van der Waals surface area contributed by atoms with Crippen molar-refractivity contribution in [3.05, 3.63) is 58.6 Å². The first kappa shape index (κ1) is 15.2. The van der Waals surface area contributed by atoms with Crippen LogP contribution >= 0.6 is 0 Å². The Bertz CT molecular complexity index is 1120. The van der Waals surface area contributed by atoms with Crippen LogP contribution in [0.15, 0.2) is 47.4 Å². The quantitative estimate of drug-likeness (QED) is 0.603. The summed E-state index contributed by atoms with van der Waals surface area (Å²) in [5.74, 6) is 0.919. The van der Waals surface area contributed by atoms with E-state index >= 15 is 0 Å². The molecular weight excluding hydrogens is 316 g/mol. The molecule has 0 aliphatic carbocycles. The molecule has 25 heavy (non-hydrogen) atoms. The third-order valence-electron chi connectivity index (χ3n) is 4.36. The number of imidazole rings is 1. The van der Waals surface area contributed by atoms with Gasteiger partial charge in [-0.15, -0.1) is 0 Å². The second-order valence-corrected chi connectivity index (χ2v) is 5.90. The number of fused-ring (bicyclic) bond motifs is 1. The van der Waals surface area contributed by atoms with E-state index < -0.39 is 0 Å². The van der Waals surface area contributed by atoms with Gasteiger partial charge < -0.3 is 10.3 Å². The van der Waals surface area contributed by atoms with E-state index in [-0.39, 0.29) is 5.69 Å². The molecule has 0 unspecified atom stereocenters. The third-order valence-corrected chi connectivity index (χ3v) is 4.36. The number of pyridine rings is 1. The number of nitrogens with zero attached hydrogens (tertiary/aromatic N) is 4. The van der Waals surface area contributed by atoms with Gasteiger partial charge in [0.05, 0.1) is 16.9 Å². The molecule has 0 aliphatic heterocycles. The summed E-state index contributed by atoms with van der Waals surface area (Å²) >= 11 is 0. The average Bonchev–Trinajstić information content (AvgIpc) is 3.12. The van der Waals surface area contributed by atoms with Crippen molar-refractivity contribution in [3.8, 4) is 16.9 Å². The maximum Gasteiger partial charge on any atom is 0.327 e. The van der Waals surface area contributed by atoms with Gasteiger partial charge in [0.25, 0.3) is 0 Å². The molecule has 4 rings (SSSR count). The van der Waals surface area contributed by atoms with Crippen molar-refractivity contribution in [3.63, 3.8) is 0 Å². The molecule has 0 saturated carbocycles. The van der Waals surface area contributed by atoms with Gasteiger partial charge in [0.1, 0.15) is 5.82 Å². The van der Waals surface area contributed by atoms with Crippen molar-refractivity contribution in [2.45, 2.75) is 6.92 Å². The molecule has 0 radical (unpaired) electrons. The molecule has 3 heterocycles. The standard InChI is InChI=1S/C18H18N6O/c1-11-15(12-9-14-17(20-10-12)23(3)18(25)21-14)22-24(16(11)19-2)13-7-5-4-6-8-13/h4-10,19H,1-3H3,(H,21,25). The number of aromatic nitrogens is 5. The zero-order valence-electron chi connectivity index (χ0n) is 14.2. The van der Waals surface area contributed by atoms with Crippen LogP contribution in [-0.4, -0.2) is 31.4 Å².